The van der Waals surface area contributed by atoms with Crippen molar-refractivity contribution < 1.29 is 9.47 Å². The van der Waals surface area contributed by atoms with Crippen molar-refractivity contribution >= 4 is 16.4 Å². The minimum absolute atomic E-state index is 0.289. The number of hydrogen-bond acceptors (Lipinski definition) is 4. The number of nitrogens with one attached hydrogen (secondary N) is 1. The summed E-state index contributed by atoms with van der Waals surface area (Å²) in [6.45, 7) is 0.345. The van der Waals surface area contributed by atoms with Crippen LogP contribution in [-0.4, -0.2) is 16.5 Å². The predicted molar refractivity (Wildman–Crippen MR) is 99.1 cm³/mol. The van der Waals surface area contributed by atoms with Gasteiger partial charge >= 0.3 is 0 Å². The molecular formula is C20H16N2O4. The van der Waals surface area contributed by atoms with Gasteiger partial charge in [0.1, 0.15) is 12.1 Å². The minimum Gasteiger partial charge on any atom is -0.493 e. The van der Waals surface area contributed by atoms with E-state index in [1.165, 1.54) is 11.5 Å². The van der Waals surface area contributed by atoms with Crippen molar-refractivity contribution in [3.8, 4) is 11.5 Å². The summed E-state index contributed by atoms with van der Waals surface area (Å²) < 4.78 is 12.6. The molecule has 0 aliphatic carbocycles. The van der Waals surface area contributed by atoms with Crippen LogP contribution in [0.15, 0.2) is 70.4 Å². The summed E-state index contributed by atoms with van der Waals surface area (Å²) in [7, 11) is 1.51. The molecule has 0 spiro atoms. The minimum atomic E-state index is -0.346. The maximum atomic E-state index is 12.8. The Hall–Kier alpha value is -3.54. The molecule has 2 heterocycles. The van der Waals surface area contributed by atoms with Crippen LogP contribution in [0.1, 0.15) is 5.56 Å². The molecule has 0 unspecified atom stereocenters. The van der Waals surface area contributed by atoms with Crippen molar-refractivity contribution in [1.29, 1.82) is 0 Å². The Kier molecular flexibility index (Phi) is 3.93. The summed E-state index contributed by atoms with van der Waals surface area (Å²) in [5.41, 5.74) is 1.04. The summed E-state index contributed by atoms with van der Waals surface area (Å²) in [6.07, 6.45) is 1.57. The SMILES string of the molecule is COc1cc2c(=O)n3cccc3c(=O)[nH]c2cc1OCc1ccccc1. The van der Waals surface area contributed by atoms with Gasteiger partial charge in [-0.05, 0) is 23.8 Å². The molecule has 0 aliphatic rings. The van der Waals surface area contributed by atoms with Gasteiger partial charge in [-0.1, -0.05) is 30.3 Å². The first-order chi connectivity index (χ1) is 12.7. The first kappa shape index (κ1) is 16.0. The molecule has 4 aromatic rings. The van der Waals surface area contributed by atoms with E-state index < -0.39 is 0 Å². The topological polar surface area (TPSA) is 72.8 Å². The second-order valence-electron chi connectivity index (χ2n) is 5.85. The van der Waals surface area contributed by atoms with Gasteiger partial charge in [0.05, 0.1) is 18.0 Å². The maximum Gasteiger partial charge on any atom is 0.272 e. The van der Waals surface area contributed by atoms with E-state index in [0.717, 1.165) is 5.56 Å². The highest BCUT2D eigenvalue weighted by Gasteiger charge is 2.12. The van der Waals surface area contributed by atoms with E-state index in [-0.39, 0.29) is 16.6 Å². The highest BCUT2D eigenvalue weighted by atomic mass is 16.5. The van der Waals surface area contributed by atoms with E-state index in [4.69, 9.17) is 9.47 Å². The van der Waals surface area contributed by atoms with Crippen LogP contribution in [0.4, 0.5) is 0 Å². The highest BCUT2D eigenvalue weighted by Crippen LogP contribution is 2.30. The normalized spacial score (nSPS) is 11.0. The average molecular weight is 348 g/mol. The first-order valence-electron chi connectivity index (χ1n) is 8.09. The monoisotopic (exact) mass is 348 g/mol. The Morgan fingerprint density at radius 3 is 2.58 bits per heavy atom. The fraction of sp³-hybridized carbons (Fsp3) is 0.100. The molecule has 0 radical (unpaired) electrons. The number of methoxy groups -OCH3 is 1. The number of aromatic amines is 1. The number of aromatic nitrogens is 2. The van der Waals surface area contributed by atoms with Crippen molar-refractivity contribution in [3.63, 3.8) is 0 Å². The Morgan fingerprint density at radius 2 is 1.81 bits per heavy atom. The summed E-state index contributed by atoms with van der Waals surface area (Å²) in [4.78, 5) is 27.9. The number of ether oxygens (including phenoxy) is 2. The molecule has 4 rings (SSSR count). The molecule has 0 amide bonds. The number of hydrogen-bond donors (Lipinski definition) is 1. The van der Waals surface area contributed by atoms with Crippen LogP contribution >= 0.6 is 0 Å². The molecule has 0 aliphatic heterocycles. The second-order valence-corrected chi connectivity index (χ2v) is 5.85. The third kappa shape index (κ3) is 2.71. The van der Waals surface area contributed by atoms with Crippen LogP contribution in [0.2, 0.25) is 0 Å². The van der Waals surface area contributed by atoms with Gasteiger partial charge in [0.25, 0.3) is 11.1 Å². The largest absolute Gasteiger partial charge is 0.493 e. The van der Waals surface area contributed by atoms with Gasteiger partial charge in [-0.2, -0.15) is 0 Å². The van der Waals surface area contributed by atoms with E-state index in [1.54, 1.807) is 30.5 Å². The Labute approximate surface area is 148 Å². The standard InChI is InChI=1S/C20H16N2O4/c1-25-17-10-14-15(11-18(17)26-12-13-6-3-2-4-7-13)21-19(23)16-8-5-9-22(16)20(14)24/h2-11H,12H2,1H3,(H,21,23). The quantitative estimate of drug-likeness (QED) is 0.615. The molecule has 0 saturated carbocycles. The molecule has 0 atom stereocenters. The Balaban J connectivity index is 1.88. The van der Waals surface area contributed by atoms with Crippen molar-refractivity contribution in [2.24, 2.45) is 0 Å². The van der Waals surface area contributed by atoms with E-state index in [0.29, 0.717) is 29.0 Å². The number of rotatable bonds is 4. The Morgan fingerprint density at radius 1 is 1.00 bits per heavy atom. The van der Waals surface area contributed by atoms with Crippen molar-refractivity contribution in [3.05, 3.63) is 87.1 Å². The van der Waals surface area contributed by atoms with Crippen LogP contribution < -0.4 is 20.6 Å². The molecule has 0 bridgehead atoms. The first-order valence-corrected chi connectivity index (χ1v) is 8.09. The molecular weight excluding hydrogens is 332 g/mol. The third-order valence-electron chi connectivity index (χ3n) is 4.22. The lowest BCUT2D eigenvalue weighted by Gasteiger charge is -2.11. The number of fused-ring (bicyclic) bond motifs is 2. The smallest absolute Gasteiger partial charge is 0.272 e. The van der Waals surface area contributed by atoms with Crippen molar-refractivity contribution in [1.82, 2.24) is 9.38 Å². The Bertz CT molecular complexity index is 1210. The van der Waals surface area contributed by atoms with Gasteiger partial charge in [-0.25, -0.2) is 0 Å². The van der Waals surface area contributed by atoms with E-state index in [2.05, 4.69) is 4.98 Å². The zero-order valence-electron chi connectivity index (χ0n) is 14.1. The predicted octanol–water partition coefficient (Wildman–Crippen LogP) is 2.73. The molecule has 6 nitrogen and oxygen atoms in total. The van der Waals surface area contributed by atoms with Crippen LogP contribution in [0.25, 0.3) is 16.4 Å². The lowest BCUT2D eigenvalue weighted by molar-refractivity contribution is 0.285. The van der Waals surface area contributed by atoms with E-state index in [1.807, 2.05) is 30.3 Å². The molecule has 2 aromatic carbocycles. The van der Waals surface area contributed by atoms with E-state index >= 15 is 0 Å². The van der Waals surface area contributed by atoms with E-state index in [9.17, 15) is 9.59 Å². The maximum absolute atomic E-state index is 12.8. The zero-order valence-corrected chi connectivity index (χ0v) is 14.1. The van der Waals surface area contributed by atoms with Crippen molar-refractivity contribution in [2.75, 3.05) is 7.11 Å². The molecule has 26 heavy (non-hydrogen) atoms. The summed E-state index contributed by atoms with van der Waals surface area (Å²) >= 11 is 0. The summed E-state index contributed by atoms with van der Waals surface area (Å²) in [5, 5.41) is 0.345. The zero-order chi connectivity index (χ0) is 18.1. The fourth-order valence-electron chi connectivity index (χ4n) is 2.91. The third-order valence-corrected chi connectivity index (χ3v) is 4.22. The van der Waals surface area contributed by atoms with Gasteiger partial charge < -0.3 is 14.5 Å². The molecule has 130 valence electrons. The molecule has 2 aromatic heterocycles. The second kappa shape index (κ2) is 6.40. The van der Waals surface area contributed by atoms with Crippen LogP contribution in [0, 0.1) is 0 Å². The molecule has 0 fully saturated rings. The van der Waals surface area contributed by atoms with Gasteiger partial charge in [0.2, 0.25) is 0 Å². The highest BCUT2D eigenvalue weighted by molar-refractivity contribution is 5.82. The summed E-state index contributed by atoms with van der Waals surface area (Å²) in [6, 6.07) is 16.2. The number of H-pyrrole nitrogens is 1. The molecule has 1 N–H and O–H groups in total. The van der Waals surface area contributed by atoms with Crippen LogP contribution in [-0.2, 0) is 6.61 Å². The van der Waals surface area contributed by atoms with Gasteiger partial charge in [0, 0.05) is 12.3 Å². The van der Waals surface area contributed by atoms with Gasteiger partial charge in [0.15, 0.2) is 11.5 Å². The summed E-state index contributed by atoms with van der Waals surface area (Å²) in [5.74, 6) is 0.882. The molecule has 0 saturated heterocycles. The fourth-order valence-corrected chi connectivity index (χ4v) is 2.91. The lowest BCUT2D eigenvalue weighted by Crippen LogP contribution is -2.11. The lowest BCUT2D eigenvalue weighted by atomic mass is 10.2. The number of benzene rings is 2. The number of nitrogens with zero attached hydrogens (tertiary/aromatic N) is 1. The average Bonchev–Trinajstić information content (AvgIpc) is 3.13. The van der Waals surface area contributed by atoms with Gasteiger partial charge in [-0.3, -0.25) is 14.0 Å². The van der Waals surface area contributed by atoms with Crippen LogP contribution in [0.3, 0.4) is 0 Å². The molecule has 6 heteroatoms. The van der Waals surface area contributed by atoms with Crippen LogP contribution in [0.5, 0.6) is 11.5 Å². The van der Waals surface area contributed by atoms with Gasteiger partial charge in [-0.15, -0.1) is 0 Å². The van der Waals surface area contributed by atoms with Crippen molar-refractivity contribution in [2.45, 2.75) is 6.61 Å².